The van der Waals surface area contributed by atoms with Crippen molar-refractivity contribution in [2.75, 3.05) is 27.3 Å². The van der Waals surface area contributed by atoms with Gasteiger partial charge in [-0.1, -0.05) is 0 Å². The first kappa shape index (κ1) is 15.1. The second kappa shape index (κ2) is 5.59. The van der Waals surface area contributed by atoms with E-state index in [9.17, 15) is 8.42 Å². The average Bonchev–Trinajstić information content (AvgIpc) is 2.85. The Morgan fingerprint density at radius 3 is 2.35 bits per heavy atom. The fourth-order valence-electron chi connectivity index (χ4n) is 2.35. The summed E-state index contributed by atoms with van der Waals surface area (Å²) in [7, 11) is -0.542. The third-order valence-corrected chi connectivity index (χ3v) is 5.49. The van der Waals surface area contributed by atoms with Crippen molar-refractivity contribution in [2.45, 2.75) is 24.3 Å². The van der Waals surface area contributed by atoms with Crippen molar-refractivity contribution in [2.24, 2.45) is 5.73 Å². The molecule has 112 valence electrons. The topological polar surface area (TPSA) is 81.9 Å². The van der Waals surface area contributed by atoms with Gasteiger partial charge >= 0.3 is 0 Å². The van der Waals surface area contributed by atoms with E-state index in [-0.39, 0.29) is 10.9 Å². The Morgan fingerprint density at radius 2 is 1.85 bits per heavy atom. The van der Waals surface area contributed by atoms with Crippen LogP contribution in [0.2, 0.25) is 0 Å². The van der Waals surface area contributed by atoms with Gasteiger partial charge in [0.1, 0.15) is 0 Å². The summed E-state index contributed by atoms with van der Waals surface area (Å²) in [6.07, 6.45) is 0.686. The maximum atomic E-state index is 12.6. The number of methoxy groups -OCH3 is 2. The minimum atomic E-state index is -3.54. The molecule has 1 aromatic carbocycles. The summed E-state index contributed by atoms with van der Waals surface area (Å²) in [5, 5.41) is 0. The van der Waals surface area contributed by atoms with Crippen LogP contribution in [0.1, 0.15) is 12.0 Å². The SMILES string of the molecule is COc1cc(C)c(S(=O)(=O)N2CCC(N)C2)cc1OC. The number of hydrogen-bond donors (Lipinski definition) is 1. The molecule has 0 bridgehead atoms. The third kappa shape index (κ3) is 2.61. The van der Waals surface area contributed by atoms with Gasteiger partial charge in [-0.15, -0.1) is 0 Å². The fourth-order valence-corrected chi connectivity index (χ4v) is 4.08. The number of nitrogens with zero attached hydrogens (tertiary/aromatic N) is 1. The molecule has 7 heteroatoms. The van der Waals surface area contributed by atoms with Crippen LogP contribution in [0.3, 0.4) is 0 Å². The lowest BCUT2D eigenvalue weighted by molar-refractivity contribution is 0.353. The van der Waals surface area contributed by atoms with E-state index in [4.69, 9.17) is 15.2 Å². The Kier molecular flexibility index (Phi) is 4.22. The van der Waals surface area contributed by atoms with Crippen molar-refractivity contribution in [1.29, 1.82) is 0 Å². The van der Waals surface area contributed by atoms with E-state index in [0.29, 0.717) is 36.6 Å². The van der Waals surface area contributed by atoms with E-state index in [1.165, 1.54) is 24.6 Å². The maximum absolute atomic E-state index is 12.6. The van der Waals surface area contributed by atoms with Crippen LogP contribution in [-0.2, 0) is 10.0 Å². The molecule has 0 saturated carbocycles. The molecule has 2 rings (SSSR count). The van der Waals surface area contributed by atoms with Crippen LogP contribution >= 0.6 is 0 Å². The molecule has 0 amide bonds. The van der Waals surface area contributed by atoms with Gasteiger partial charge in [-0.25, -0.2) is 8.42 Å². The summed E-state index contributed by atoms with van der Waals surface area (Å²) in [4.78, 5) is 0.240. The number of nitrogens with two attached hydrogens (primary N) is 1. The van der Waals surface area contributed by atoms with E-state index < -0.39 is 10.0 Å². The Morgan fingerprint density at radius 1 is 1.25 bits per heavy atom. The van der Waals surface area contributed by atoms with Gasteiger partial charge in [0.25, 0.3) is 0 Å². The molecule has 1 aliphatic rings. The number of sulfonamides is 1. The Balaban J connectivity index is 2.46. The fraction of sp³-hybridized carbons (Fsp3) is 0.538. The van der Waals surface area contributed by atoms with Crippen molar-refractivity contribution in [1.82, 2.24) is 4.31 Å². The first-order valence-corrected chi connectivity index (χ1v) is 7.82. The number of aryl methyl sites for hydroxylation is 1. The molecule has 6 nitrogen and oxygen atoms in total. The predicted octanol–water partition coefficient (Wildman–Crippen LogP) is 0.734. The highest BCUT2D eigenvalue weighted by molar-refractivity contribution is 7.89. The van der Waals surface area contributed by atoms with Gasteiger partial charge in [0.2, 0.25) is 10.0 Å². The van der Waals surface area contributed by atoms with Gasteiger partial charge in [0, 0.05) is 25.2 Å². The van der Waals surface area contributed by atoms with Crippen LogP contribution in [0.25, 0.3) is 0 Å². The average molecular weight is 300 g/mol. The Bertz CT molecular complexity index is 601. The van der Waals surface area contributed by atoms with Crippen LogP contribution in [0.15, 0.2) is 17.0 Å². The Labute approximate surface area is 119 Å². The van der Waals surface area contributed by atoms with E-state index in [2.05, 4.69) is 0 Å². The summed E-state index contributed by atoms with van der Waals surface area (Å²) < 4.78 is 37.1. The molecule has 1 aromatic rings. The smallest absolute Gasteiger partial charge is 0.243 e. The van der Waals surface area contributed by atoms with Crippen LogP contribution in [0.5, 0.6) is 11.5 Å². The standard InChI is InChI=1S/C13H20N2O4S/c1-9-6-11(18-2)12(19-3)7-13(9)20(16,17)15-5-4-10(14)8-15/h6-7,10H,4-5,8,14H2,1-3H3. The molecule has 1 saturated heterocycles. The molecule has 0 aliphatic carbocycles. The summed E-state index contributed by atoms with van der Waals surface area (Å²) in [5.41, 5.74) is 6.42. The zero-order chi connectivity index (χ0) is 14.9. The minimum Gasteiger partial charge on any atom is -0.493 e. The highest BCUT2D eigenvalue weighted by Gasteiger charge is 2.32. The van der Waals surface area contributed by atoms with Gasteiger partial charge in [0.15, 0.2) is 11.5 Å². The van der Waals surface area contributed by atoms with Crippen molar-refractivity contribution in [3.63, 3.8) is 0 Å². The molecular formula is C13H20N2O4S. The molecule has 1 fully saturated rings. The summed E-state index contributed by atoms with van der Waals surface area (Å²) in [6, 6.07) is 3.08. The monoisotopic (exact) mass is 300 g/mol. The number of rotatable bonds is 4. The number of hydrogen-bond acceptors (Lipinski definition) is 5. The second-order valence-electron chi connectivity index (χ2n) is 4.88. The number of ether oxygens (including phenoxy) is 2. The molecule has 1 heterocycles. The molecule has 0 radical (unpaired) electrons. The zero-order valence-electron chi connectivity index (χ0n) is 11.9. The number of benzene rings is 1. The van der Waals surface area contributed by atoms with Gasteiger partial charge in [-0.05, 0) is 25.0 Å². The lowest BCUT2D eigenvalue weighted by Gasteiger charge is -2.19. The summed E-state index contributed by atoms with van der Waals surface area (Å²) in [5.74, 6) is 0.919. The highest BCUT2D eigenvalue weighted by Crippen LogP contribution is 2.34. The first-order chi connectivity index (χ1) is 9.40. The molecule has 1 aliphatic heterocycles. The molecule has 1 atom stereocenters. The van der Waals surface area contributed by atoms with Crippen molar-refractivity contribution in [3.05, 3.63) is 17.7 Å². The van der Waals surface area contributed by atoms with E-state index in [1.807, 2.05) is 0 Å². The zero-order valence-corrected chi connectivity index (χ0v) is 12.7. The van der Waals surface area contributed by atoms with Crippen molar-refractivity contribution < 1.29 is 17.9 Å². The maximum Gasteiger partial charge on any atom is 0.243 e. The van der Waals surface area contributed by atoms with E-state index in [0.717, 1.165) is 0 Å². The molecular weight excluding hydrogens is 280 g/mol. The second-order valence-corrected chi connectivity index (χ2v) is 6.79. The first-order valence-electron chi connectivity index (χ1n) is 6.38. The third-order valence-electron chi connectivity index (χ3n) is 3.49. The van der Waals surface area contributed by atoms with Crippen LogP contribution in [0.4, 0.5) is 0 Å². The molecule has 2 N–H and O–H groups in total. The van der Waals surface area contributed by atoms with E-state index in [1.54, 1.807) is 13.0 Å². The quantitative estimate of drug-likeness (QED) is 0.886. The normalized spacial score (nSPS) is 20.1. The van der Waals surface area contributed by atoms with Gasteiger partial charge < -0.3 is 15.2 Å². The molecule has 0 aromatic heterocycles. The minimum absolute atomic E-state index is 0.0924. The summed E-state index contributed by atoms with van der Waals surface area (Å²) >= 11 is 0. The lowest BCUT2D eigenvalue weighted by atomic mass is 10.2. The largest absolute Gasteiger partial charge is 0.493 e. The van der Waals surface area contributed by atoms with Crippen LogP contribution < -0.4 is 15.2 Å². The van der Waals surface area contributed by atoms with Crippen LogP contribution in [0, 0.1) is 6.92 Å². The van der Waals surface area contributed by atoms with Crippen molar-refractivity contribution in [3.8, 4) is 11.5 Å². The highest BCUT2D eigenvalue weighted by atomic mass is 32.2. The Hall–Kier alpha value is -1.31. The van der Waals surface area contributed by atoms with Crippen molar-refractivity contribution >= 4 is 10.0 Å². The predicted molar refractivity (Wildman–Crippen MR) is 75.6 cm³/mol. The van der Waals surface area contributed by atoms with E-state index >= 15 is 0 Å². The summed E-state index contributed by atoms with van der Waals surface area (Å²) in [6.45, 7) is 2.55. The van der Waals surface area contributed by atoms with Gasteiger partial charge in [-0.2, -0.15) is 4.31 Å². The van der Waals surface area contributed by atoms with Crippen LogP contribution in [-0.4, -0.2) is 46.1 Å². The molecule has 20 heavy (non-hydrogen) atoms. The molecule has 1 unspecified atom stereocenters. The van der Waals surface area contributed by atoms with Gasteiger partial charge in [0.05, 0.1) is 19.1 Å². The lowest BCUT2D eigenvalue weighted by Crippen LogP contribution is -2.32. The molecule has 0 spiro atoms. The van der Waals surface area contributed by atoms with Gasteiger partial charge in [-0.3, -0.25) is 0 Å².